The molecule has 1 saturated carbocycles. The SMILES string of the molecule is Cc1cc(CNC2CCCCCC2)c2ccccc2n1. The number of hydrogen-bond acceptors (Lipinski definition) is 2. The number of fused-ring (bicyclic) bond motifs is 1. The van der Waals surface area contributed by atoms with Gasteiger partial charge in [-0.25, -0.2) is 0 Å². The molecule has 2 heteroatoms. The van der Waals surface area contributed by atoms with E-state index in [9.17, 15) is 0 Å². The van der Waals surface area contributed by atoms with Crippen molar-refractivity contribution in [2.45, 2.75) is 58.0 Å². The highest BCUT2D eigenvalue weighted by Crippen LogP contribution is 2.20. The van der Waals surface area contributed by atoms with Crippen molar-refractivity contribution in [3.8, 4) is 0 Å². The van der Waals surface area contributed by atoms with E-state index in [4.69, 9.17) is 0 Å². The molecule has 1 N–H and O–H groups in total. The lowest BCUT2D eigenvalue weighted by Gasteiger charge is -2.17. The third-order valence-corrected chi connectivity index (χ3v) is 4.37. The fourth-order valence-corrected chi connectivity index (χ4v) is 3.28. The zero-order chi connectivity index (χ0) is 13.8. The third-order valence-electron chi connectivity index (χ3n) is 4.37. The van der Waals surface area contributed by atoms with Gasteiger partial charge >= 0.3 is 0 Å². The molecule has 0 atom stereocenters. The van der Waals surface area contributed by atoms with Crippen LogP contribution in [0.3, 0.4) is 0 Å². The summed E-state index contributed by atoms with van der Waals surface area (Å²) >= 11 is 0. The van der Waals surface area contributed by atoms with Gasteiger partial charge in [-0.15, -0.1) is 0 Å². The second-order valence-corrected chi connectivity index (χ2v) is 6.01. The first-order chi connectivity index (χ1) is 9.83. The van der Waals surface area contributed by atoms with Gasteiger partial charge in [0.15, 0.2) is 0 Å². The summed E-state index contributed by atoms with van der Waals surface area (Å²) in [5.74, 6) is 0. The van der Waals surface area contributed by atoms with Crippen LogP contribution in [0.2, 0.25) is 0 Å². The molecule has 0 radical (unpaired) electrons. The molecule has 0 amide bonds. The van der Waals surface area contributed by atoms with Gasteiger partial charge in [0.2, 0.25) is 0 Å². The summed E-state index contributed by atoms with van der Waals surface area (Å²) in [7, 11) is 0. The summed E-state index contributed by atoms with van der Waals surface area (Å²) < 4.78 is 0. The van der Waals surface area contributed by atoms with Crippen molar-refractivity contribution in [1.29, 1.82) is 0 Å². The van der Waals surface area contributed by atoms with Crippen molar-refractivity contribution in [2.75, 3.05) is 0 Å². The summed E-state index contributed by atoms with van der Waals surface area (Å²) in [6.45, 7) is 3.05. The average molecular weight is 268 g/mol. The average Bonchev–Trinajstić information content (AvgIpc) is 2.73. The van der Waals surface area contributed by atoms with E-state index in [1.54, 1.807) is 0 Å². The maximum atomic E-state index is 4.62. The molecular weight excluding hydrogens is 244 g/mol. The van der Waals surface area contributed by atoms with Crippen LogP contribution in [0.15, 0.2) is 30.3 Å². The lowest BCUT2D eigenvalue weighted by molar-refractivity contribution is 0.460. The van der Waals surface area contributed by atoms with Crippen LogP contribution >= 0.6 is 0 Å². The van der Waals surface area contributed by atoms with Gasteiger partial charge in [0.05, 0.1) is 5.52 Å². The first-order valence-electron chi connectivity index (χ1n) is 7.91. The summed E-state index contributed by atoms with van der Waals surface area (Å²) in [4.78, 5) is 4.62. The Hall–Kier alpha value is -1.41. The predicted octanol–water partition coefficient (Wildman–Crippen LogP) is 4.36. The molecule has 0 unspecified atom stereocenters. The van der Waals surface area contributed by atoms with E-state index in [0.29, 0.717) is 6.04 Å². The fraction of sp³-hybridized carbons (Fsp3) is 0.500. The molecule has 0 bridgehead atoms. The van der Waals surface area contributed by atoms with Crippen molar-refractivity contribution < 1.29 is 0 Å². The second-order valence-electron chi connectivity index (χ2n) is 6.01. The topological polar surface area (TPSA) is 24.9 Å². The molecule has 20 heavy (non-hydrogen) atoms. The number of hydrogen-bond donors (Lipinski definition) is 1. The lowest BCUT2D eigenvalue weighted by atomic mass is 10.1. The molecule has 1 fully saturated rings. The zero-order valence-corrected chi connectivity index (χ0v) is 12.4. The smallest absolute Gasteiger partial charge is 0.0708 e. The Morgan fingerprint density at radius 1 is 1.10 bits per heavy atom. The van der Waals surface area contributed by atoms with Crippen LogP contribution in [0.25, 0.3) is 10.9 Å². The highest BCUT2D eigenvalue weighted by Gasteiger charge is 2.12. The van der Waals surface area contributed by atoms with Crippen molar-refractivity contribution in [2.24, 2.45) is 0 Å². The minimum absolute atomic E-state index is 0.699. The monoisotopic (exact) mass is 268 g/mol. The molecule has 1 heterocycles. The van der Waals surface area contributed by atoms with Crippen LogP contribution < -0.4 is 5.32 Å². The summed E-state index contributed by atoms with van der Waals surface area (Å²) in [5.41, 5.74) is 3.61. The summed E-state index contributed by atoms with van der Waals surface area (Å²) in [6.07, 6.45) is 8.26. The molecule has 0 saturated heterocycles. The van der Waals surface area contributed by atoms with Gasteiger partial charge < -0.3 is 5.32 Å². The molecule has 2 nitrogen and oxygen atoms in total. The summed E-state index contributed by atoms with van der Waals surface area (Å²) in [6, 6.07) is 11.4. The molecule has 1 aromatic carbocycles. The van der Waals surface area contributed by atoms with Crippen LogP contribution in [0.4, 0.5) is 0 Å². The number of rotatable bonds is 3. The first-order valence-corrected chi connectivity index (χ1v) is 7.91. The maximum Gasteiger partial charge on any atom is 0.0708 e. The predicted molar refractivity (Wildman–Crippen MR) is 84.8 cm³/mol. The zero-order valence-electron chi connectivity index (χ0n) is 12.4. The minimum atomic E-state index is 0.699. The van der Waals surface area contributed by atoms with Gasteiger partial charge in [0, 0.05) is 23.7 Å². The molecule has 106 valence electrons. The highest BCUT2D eigenvalue weighted by atomic mass is 14.9. The molecule has 0 spiro atoms. The van der Waals surface area contributed by atoms with E-state index in [0.717, 1.165) is 17.8 Å². The van der Waals surface area contributed by atoms with E-state index >= 15 is 0 Å². The Morgan fingerprint density at radius 2 is 1.85 bits per heavy atom. The quantitative estimate of drug-likeness (QED) is 0.837. The Morgan fingerprint density at radius 3 is 2.65 bits per heavy atom. The number of para-hydroxylation sites is 1. The summed E-state index contributed by atoms with van der Waals surface area (Å²) in [5, 5.41) is 5.06. The van der Waals surface area contributed by atoms with Gasteiger partial charge in [-0.3, -0.25) is 4.98 Å². The highest BCUT2D eigenvalue weighted by molar-refractivity contribution is 5.82. The van der Waals surface area contributed by atoms with Crippen LogP contribution in [0.1, 0.15) is 49.8 Å². The molecular formula is C18H24N2. The standard InChI is InChI=1S/C18H24N2/c1-14-12-15(17-10-6-7-11-18(17)20-14)13-19-16-8-4-2-3-5-9-16/h6-7,10-12,16,19H,2-5,8-9,13H2,1H3. The normalized spacial score (nSPS) is 17.2. The van der Waals surface area contributed by atoms with Crippen molar-refractivity contribution in [1.82, 2.24) is 10.3 Å². The van der Waals surface area contributed by atoms with Crippen LogP contribution in [0, 0.1) is 6.92 Å². The van der Waals surface area contributed by atoms with Gasteiger partial charge in [0.25, 0.3) is 0 Å². The molecule has 1 aliphatic carbocycles. The Kier molecular flexibility index (Phi) is 4.31. The second kappa shape index (κ2) is 6.36. The van der Waals surface area contributed by atoms with Crippen molar-refractivity contribution in [3.05, 3.63) is 41.6 Å². The van der Waals surface area contributed by atoms with Gasteiger partial charge in [-0.1, -0.05) is 43.9 Å². The number of aryl methyl sites for hydroxylation is 1. The largest absolute Gasteiger partial charge is 0.310 e. The third kappa shape index (κ3) is 3.18. The van der Waals surface area contributed by atoms with E-state index in [-0.39, 0.29) is 0 Å². The van der Waals surface area contributed by atoms with E-state index in [1.807, 2.05) is 0 Å². The Bertz CT molecular complexity index is 569. The van der Waals surface area contributed by atoms with E-state index in [2.05, 4.69) is 47.6 Å². The van der Waals surface area contributed by atoms with Crippen molar-refractivity contribution in [3.63, 3.8) is 0 Å². The molecule has 1 aliphatic rings. The number of benzene rings is 1. The van der Waals surface area contributed by atoms with Gasteiger partial charge in [0.1, 0.15) is 0 Å². The maximum absolute atomic E-state index is 4.62. The molecule has 1 aromatic heterocycles. The Labute approximate surface area is 121 Å². The molecule has 0 aliphatic heterocycles. The van der Waals surface area contributed by atoms with E-state index in [1.165, 1.54) is 49.5 Å². The lowest BCUT2D eigenvalue weighted by Crippen LogP contribution is -2.28. The first kappa shape index (κ1) is 13.6. The molecule has 2 aromatic rings. The minimum Gasteiger partial charge on any atom is -0.310 e. The fourth-order valence-electron chi connectivity index (χ4n) is 3.28. The van der Waals surface area contributed by atoms with Crippen LogP contribution in [-0.2, 0) is 6.54 Å². The number of nitrogens with one attached hydrogen (secondary N) is 1. The number of nitrogens with zero attached hydrogens (tertiary/aromatic N) is 1. The van der Waals surface area contributed by atoms with Gasteiger partial charge in [-0.2, -0.15) is 0 Å². The van der Waals surface area contributed by atoms with Crippen molar-refractivity contribution >= 4 is 10.9 Å². The number of pyridine rings is 1. The Balaban J connectivity index is 1.76. The number of aromatic nitrogens is 1. The van der Waals surface area contributed by atoms with Crippen LogP contribution in [-0.4, -0.2) is 11.0 Å². The van der Waals surface area contributed by atoms with E-state index < -0.39 is 0 Å². The van der Waals surface area contributed by atoms with Gasteiger partial charge in [-0.05, 0) is 37.5 Å². The molecule has 3 rings (SSSR count). The van der Waals surface area contributed by atoms with Crippen LogP contribution in [0.5, 0.6) is 0 Å².